The van der Waals surface area contributed by atoms with Crippen LogP contribution in [0.25, 0.3) is 0 Å². The van der Waals surface area contributed by atoms with E-state index in [-0.39, 0.29) is 12.4 Å². The Morgan fingerprint density at radius 2 is 2.25 bits per heavy atom. The van der Waals surface area contributed by atoms with Crippen molar-refractivity contribution in [2.45, 2.75) is 19.0 Å². The van der Waals surface area contributed by atoms with E-state index in [1.54, 1.807) is 0 Å². The second kappa shape index (κ2) is 6.22. The minimum Gasteiger partial charge on any atom is -0.326 e. The van der Waals surface area contributed by atoms with Crippen molar-refractivity contribution in [3.63, 3.8) is 0 Å². The lowest BCUT2D eigenvalue weighted by molar-refractivity contribution is 0.327. The Labute approximate surface area is 116 Å². The highest BCUT2D eigenvalue weighted by Crippen LogP contribution is 2.24. The zero-order chi connectivity index (χ0) is 10.8. The summed E-state index contributed by atoms with van der Waals surface area (Å²) >= 11 is 9.37. The Morgan fingerprint density at radius 1 is 1.50 bits per heavy atom. The van der Waals surface area contributed by atoms with Crippen molar-refractivity contribution < 1.29 is 0 Å². The minimum absolute atomic E-state index is 0. The zero-order valence-corrected chi connectivity index (χ0v) is 12.0. The first kappa shape index (κ1) is 14.3. The van der Waals surface area contributed by atoms with Crippen LogP contribution in [0.4, 0.5) is 0 Å². The van der Waals surface area contributed by atoms with Crippen molar-refractivity contribution >= 4 is 39.9 Å². The second-order valence-electron chi connectivity index (χ2n) is 4.03. The van der Waals surface area contributed by atoms with Crippen LogP contribution in [-0.2, 0) is 6.54 Å². The molecule has 1 fully saturated rings. The van der Waals surface area contributed by atoms with Crippen LogP contribution < -0.4 is 5.73 Å². The summed E-state index contributed by atoms with van der Waals surface area (Å²) in [6.45, 7) is 3.06. The lowest BCUT2D eigenvalue weighted by Gasteiger charge is -2.15. The van der Waals surface area contributed by atoms with Gasteiger partial charge >= 0.3 is 0 Å². The van der Waals surface area contributed by atoms with Crippen molar-refractivity contribution in [3.8, 4) is 0 Å². The summed E-state index contributed by atoms with van der Waals surface area (Å²) in [5.74, 6) is 0. The number of benzene rings is 1. The average molecular weight is 326 g/mol. The minimum atomic E-state index is 0. The van der Waals surface area contributed by atoms with Gasteiger partial charge in [-0.15, -0.1) is 12.4 Å². The van der Waals surface area contributed by atoms with E-state index in [0.717, 1.165) is 35.6 Å². The van der Waals surface area contributed by atoms with Crippen molar-refractivity contribution in [2.75, 3.05) is 13.1 Å². The van der Waals surface area contributed by atoms with E-state index in [1.165, 1.54) is 5.56 Å². The number of nitrogens with two attached hydrogens (primary N) is 1. The van der Waals surface area contributed by atoms with E-state index in [0.29, 0.717) is 6.04 Å². The van der Waals surface area contributed by atoms with Gasteiger partial charge in [-0.2, -0.15) is 0 Å². The van der Waals surface area contributed by atoms with Gasteiger partial charge in [0.15, 0.2) is 0 Å². The molecule has 90 valence electrons. The third-order valence-electron chi connectivity index (χ3n) is 2.70. The number of nitrogens with zero attached hydrogens (tertiary/aromatic N) is 1. The lowest BCUT2D eigenvalue weighted by Crippen LogP contribution is -2.26. The van der Waals surface area contributed by atoms with E-state index >= 15 is 0 Å². The molecule has 1 atom stereocenters. The normalized spacial score (nSPS) is 20.8. The third-order valence-corrected chi connectivity index (χ3v) is 3.91. The topological polar surface area (TPSA) is 29.3 Å². The smallest absolute Gasteiger partial charge is 0.0548 e. The van der Waals surface area contributed by atoms with Gasteiger partial charge in [-0.3, -0.25) is 4.90 Å². The largest absolute Gasteiger partial charge is 0.326 e. The maximum Gasteiger partial charge on any atom is 0.0548 e. The molecule has 2 rings (SSSR count). The maximum atomic E-state index is 5.94. The predicted molar refractivity (Wildman–Crippen MR) is 74.3 cm³/mol. The molecule has 0 radical (unpaired) electrons. The van der Waals surface area contributed by atoms with Crippen LogP contribution in [-0.4, -0.2) is 24.0 Å². The molecule has 1 heterocycles. The zero-order valence-electron chi connectivity index (χ0n) is 8.83. The molecule has 0 amide bonds. The molecule has 2 nitrogen and oxygen atoms in total. The average Bonchev–Trinajstić information content (AvgIpc) is 2.58. The summed E-state index contributed by atoms with van der Waals surface area (Å²) in [6.07, 6.45) is 1.11. The van der Waals surface area contributed by atoms with E-state index in [9.17, 15) is 0 Å². The molecule has 5 heteroatoms. The molecule has 0 unspecified atom stereocenters. The van der Waals surface area contributed by atoms with Crippen LogP contribution in [0, 0.1) is 0 Å². The number of rotatable bonds is 2. The predicted octanol–water partition coefficient (Wildman–Crippen LogP) is 3.06. The van der Waals surface area contributed by atoms with Gasteiger partial charge < -0.3 is 5.73 Å². The molecule has 1 saturated heterocycles. The number of halogens is 3. The molecule has 0 aromatic heterocycles. The standard InChI is InChI=1S/C11H14BrClN2.ClH/c12-10-5-8(1-2-11(10)13)6-15-4-3-9(14)7-15;/h1-2,5,9H,3-4,6-7,14H2;1H/t9-;/m0./s1. The second-order valence-corrected chi connectivity index (χ2v) is 5.29. The summed E-state index contributed by atoms with van der Waals surface area (Å²) in [7, 11) is 0. The fourth-order valence-electron chi connectivity index (χ4n) is 1.90. The van der Waals surface area contributed by atoms with Crippen molar-refractivity contribution in [1.82, 2.24) is 4.90 Å². The Balaban J connectivity index is 0.00000128. The van der Waals surface area contributed by atoms with Crippen LogP contribution in [0.3, 0.4) is 0 Å². The molecule has 1 aliphatic heterocycles. The highest BCUT2D eigenvalue weighted by molar-refractivity contribution is 9.10. The highest BCUT2D eigenvalue weighted by Gasteiger charge is 2.18. The SMILES string of the molecule is Cl.N[C@H]1CCN(Cc2ccc(Cl)c(Br)c2)C1. The van der Waals surface area contributed by atoms with Gasteiger partial charge in [-0.05, 0) is 40.0 Å². The summed E-state index contributed by atoms with van der Waals surface area (Å²) in [6, 6.07) is 6.42. The van der Waals surface area contributed by atoms with Crippen LogP contribution in [0.5, 0.6) is 0 Å². The summed E-state index contributed by atoms with van der Waals surface area (Å²) < 4.78 is 0.963. The van der Waals surface area contributed by atoms with Gasteiger partial charge in [0.25, 0.3) is 0 Å². The first-order valence-electron chi connectivity index (χ1n) is 5.07. The molecular weight excluding hydrogens is 311 g/mol. The fourth-order valence-corrected chi connectivity index (χ4v) is 2.45. The van der Waals surface area contributed by atoms with E-state index in [2.05, 4.69) is 33.0 Å². The molecule has 0 saturated carbocycles. The van der Waals surface area contributed by atoms with Gasteiger partial charge in [0.05, 0.1) is 5.02 Å². The van der Waals surface area contributed by atoms with Crippen molar-refractivity contribution in [3.05, 3.63) is 33.3 Å². The van der Waals surface area contributed by atoms with E-state index in [4.69, 9.17) is 17.3 Å². The van der Waals surface area contributed by atoms with Crippen LogP contribution in [0.1, 0.15) is 12.0 Å². The number of hydrogen-bond acceptors (Lipinski definition) is 2. The monoisotopic (exact) mass is 324 g/mol. The first-order valence-corrected chi connectivity index (χ1v) is 6.24. The highest BCUT2D eigenvalue weighted by atomic mass is 79.9. The van der Waals surface area contributed by atoms with Crippen molar-refractivity contribution in [1.29, 1.82) is 0 Å². The van der Waals surface area contributed by atoms with Crippen LogP contribution in [0.15, 0.2) is 22.7 Å². The summed E-state index contributed by atoms with van der Waals surface area (Å²) in [5.41, 5.74) is 7.14. The Kier molecular flexibility index (Phi) is 5.54. The first-order chi connectivity index (χ1) is 7.15. The van der Waals surface area contributed by atoms with Crippen LogP contribution >= 0.6 is 39.9 Å². The molecule has 1 aliphatic rings. The van der Waals surface area contributed by atoms with Gasteiger partial charge in [-0.1, -0.05) is 17.7 Å². The van der Waals surface area contributed by atoms with E-state index in [1.807, 2.05) is 6.07 Å². The summed E-state index contributed by atoms with van der Waals surface area (Å²) in [5, 5.41) is 0.761. The molecule has 0 spiro atoms. The molecule has 0 bridgehead atoms. The molecule has 0 aliphatic carbocycles. The Hall–Kier alpha value is 0.200. The third kappa shape index (κ3) is 3.60. The number of likely N-dealkylation sites (tertiary alicyclic amines) is 1. The molecule has 16 heavy (non-hydrogen) atoms. The van der Waals surface area contributed by atoms with Gasteiger partial charge in [-0.25, -0.2) is 0 Å². The van der Waals surface area contributed by atoms with E-state index < -0.39 is 0 Å². The van der Waals surface area contributed by atoms with Gasteiger partial charge in [0.2, 0.25) is 0 Å². The van der Waals surface area contributed by atoms with Crippen molar-refractivity contribution in [2.24, 2.45) is 5.73 Å². The fraction of sp³-hybridized carbons (Fsp3) is 0.455. The Morgan fingerprint density at radius 3 is 2.81 bits per heavy atom. The quantitative estimate of drug-likeness (QED) is 0.905. The lowest BCUT2D eigenvalue weighted by atomic mass is 10.2. The number of hydrogen-bond donors (Lipinski definition) is 1. The molecule has 1 aromatic carbocycles. The summed E-state index contributed by atoms with van der Waals surface area (Å²) in [4.78, 5) is 2.38. The van der Waals surface area contributed by atoms with Gasteiger partial charge in [0, 0.05) is 30.1 Å². The maximum absolute atomic E-state index is 5.94. The molecule has 2 N–H and O–H groups in total. The Bertz CT molecular complexity index is 360. The molecule has 1 aromatic rings. The molecular formula is C11H15BrCl2N2. The van der Waals surface area contributed by atoms with Gasteiger partial charge in [0.1, 0.15) is 0 Å². The van der Waals surface area contributed by atoms with Crippen LogP contribution in [0.2, 0.25) is 5.02 Å².